The summed E-state index contributed by atoms with van der Waals surface area (Å²) in [5.74, 6) is -0.424. The molecule has 14 heavy (non-hydrogen) atoms. The maximum atomic E-state index is 11.1. The fraction of sp³-hybridized carbons (Fsp3) is 0.444. The highest BCUT2D eigenvalue weighted by molar-refractivity contribution is 5.87. The molecule has 0 bridgehead atoms. The van der Waals surface area contributed by atoms with Crippen molar-refractivity contribution in [1.82, 2.24) is 4.98 Å². The highest BCUT2D eigenvalue weighted by atomic mass is 16.5. The van der Waals surface area contributed by atoms with Gasteiger partial charge in [0.15, 0.2) is 0 Å². The van der Waals surface area contributed by atoms with E-state index < -0.39 is 5.97 Å². The number of hydrogen-bond donors (Lipinski definition) is 3. The molecule has 0 aliphatic rings. The fourth-order valence-electron chi connectivity index (χ4n) is 1.16. The number of carbonyl (C=O) groups excluding carboxylic acids is 1. The van der Waals surface area contributed by atoms with Crippen molar-refractivity contribution < 1.29 is 14.6 Å². The number of aliphatic hydroxyl groups is 1. The van der Waals surface area contributed by atoms with Crippen molar-refractivity contribution in [2.24, 2.45) is 5.73 Å². The number of aromatic nitrogens is 1. The largest absolute Gasteiger partial charge is 0.464 e. The quantitative estimate of drug-likeness (QED) is 0.602. The fourth-order valence-corrected chi connectivity index (χ4v) is 1.16. The van der Waals surface area contributed by atoms with Crippen LogP contribution < -0.4 is 5.73 Å². The number of aromatic amines is 1. The lowest BCUT2D eigenvalue weighted by Crippen LogP contribution is -2.10. The second-order valence-corrected chi connectivity index (χ2v) is 2.96. The second kappa shape index (κ2) is 4.78. The van der Waals surface area contributed by atoms with Crippen molar-refractivity contribution in [1.29, 1.82) is 0 Å². The molecule has 0 unspecified atom stereocenters. The van der Waals surface area contributed by atoms with Crippen molar-refractivity contribution in [2.75, 3.05) is 13.7 Å². The van der Waals surface area contributed by atoms with Gasteiger partial charge in [0.25, 0.3) is 0 Å². The van der Waals surface area contributed by atoms with Gasteiger partial charge in [0.1, 0.15) is 5.69 Å². The molecule has 78 valence electrons. The number of methoxy groups -OCH3 is 1. The van der Waals surface area contributed by atoms with Crippen LogP contribution in [0, 0.1) is 0 Å². The van der Waals surface area contributed by atoms with Gasteiger partial charge in [-0.1, -0.05) is 0 Å². The Hall–Kier alpha value is -1.33. The zero-order valence-corrected chi connectivity index (χ0v) is 7.99. The Morgan fingerprint density at radius 1 is 1.79 bits per heavy atom. The lowest BCUT2D eigenvalue weighted by Gasteiger charge is -2.05. The minimum absolute atomic E-state index is 0.0277. The van der Waals surface area contributed by atoms with Crippen LogP contribution >= 0.6 is 0 Å². The maximum Gasteiger partial charge on any atom is 0.354 e. The van der Waals surface area contributed by atoms with Crippen molar-refractivity contribution in [3.63, 3.8) is 0 Å². The van der Waals surface area contributed by atoms with Gasteiger partial charge in [-0.2, -0.15) is 0 Å². The highest BCUT2D eigenvalue weighted by Gasteiger charge is 2.12. The minimum Gasteiger partial charge on any atom is -0.464 e. The van der Waals surface area contributed by atoms with Crippen LogP contribution in [0.25, 0.3) is 0 Å². The topological polar surface area (TPSA) is 88.3 Å². The van der Waals surface area contributed by atoms with E-state index >= 15 is 0 Å². The van der Waals surface area contributed by atoms with Crippen LogP contribution in [0.5, 0.6) is 0 Å². The number of ether oxygens (including phenoxy) is 1. The SMILES string of the molecule is COC(=O)c1cc([C@@H](N)CCO)c[nH]1. The van der Waals surface area contributed by atoms with Gasteiger partial charge < -0.3 is 20.6 Å². The Morgan fingerprint density at radius 2 is 2.50 bits per heavy atom. The van der Waals surface area contributed by atoms with Crippen LogP contribution in [0.4, 0.5) is 0 Å². The standard InChI is InChI=1S/C9H14N2O3/c1-14-9(13)8-4-6(5-11-8)7(10)2-3-12/h4-5,7,11-12H,2-3,10H2,1H3/t7-/m0/s1. The first-order valence-corrected chi connectivity index (χ1v) is 4.32. The van der Waals surface area contributed by atoms with Crippen LogP contribution in [-0.4, -0.2) is 29.8 Å². The van der Waals surface area contributed by atoms with Crippen molar-refractivity contribution >= 4 is 5.97 Å². The van der Waals surface area contributed by atoms with E-state index in [9.17, 15) is 4.79 Å². The molecule has 1 heterocycles. The van der Waals surface area contributed by atoms with E-state index in [1.54, 1.807) is 12.3 Å². The third-order valence-corrected chi connectivity index (χ3v) is 1.98. The smallest absolute Gasteiger partial charge is 0.354 e. The maximum absolute atomic E-state index is 11.1. The molecule has 0 aliphatic heterocycles. The molecule has 0 saturated heterocycles. The lowest BCUT2D eigenvalue weighted by molar-refractivity contribution is 0.0595. The van der Waals surface area contributed by atoms with Crippen LogP contribution in [-0.2, 0) is 4.74 Å². The number of H-pyrrole nitrogens is 1. The first-order valence-electron chi connectivity index (χ1n) is 4.32. The van der Waals surface area contributed by atoms with Gasteiger partial charge in [-0.25, -0.2) is 4.79 Å². The van der Waals surface area contributed by atoms with Crippen LogP contribution in [0.15, 0.2) is 12.3 Å². The average Bonchev–Trinajstić information content (AvgIpc) is 2.66. The normalized spacial score (nSPS) is 12.5. The van der Waals surface area contributed by atoms with Gasteiger partial charge in [0, 0.05) is 18.8 Å². The molecule has 0 amide bonds. The van der Waals surface area contributed by atoms with Crippen molar-refractivity contribution in [3.8, 4) is 0 Å². The van der Waals surface area contributed by atoms with Crippen molar-refractivity contribution in [3.05, 3.63) is 23.5 Å². The number of aliphatic hydroxyl groups excluding tert-OH is 1. The molecule has 1 rings (SSSR count). The Labute approximate surface area is 81.9 Å². The number of hydrogen-bond acceptors (Lipinski definition) is 4. The summed E-state index contributed by atoms with van der Waals surface area (Å²) in [5.41, 5.74) is 6.89. The molecule has 1 aromatic heterocycles. The summed E-state index contributed by atoms with van der Waals surface area (Å²) in [7, 11) is 1.32. The molecular formula is C9H14N2O3. The first-order chi connectivity index (χ1) is 6.69. The van der Waals surface area contributed by atoms with Gasteiger partial charge >= 0.3 is 5.97 Å². The second-order valence-electron chi connectivity index (χ2n) is 2.96. The van der Waals surface area contributed by atoms with Crippen LogP contribution in [0.3, 0.4) is 0 Å². The third kappa shape index (κ3) is 2.34. The summed E-state index contributed by atoms with van der Waals surface area (Å²) in [6.07, 6.45) is 2.12. The van der Waals surface area contributed by atoms with Gasteiger partial charge in [0.05, 0.1) is 7.11 Å². The Bertz CT molecular complexity index is 309. The van der Waals surface area contributed by atoms with Gasteiger partial charge in [0.2, 0.25) is 0 Å². The molecule has 0 aliphatic carbocycles. The summed E-state index contributed by atoms with van der Waals surface area (Å²) in [6, 6.07) is 1.38. The Balaban J connectivity index is 2.72. The van der Waals surface area contributed by atoms with Crippen LogP contribution in [0.1, 0.15) is 28.5 Å². The number of nitrogens with two attached hydrogens (primary N) is 1. The number of rotatable bonds is 4. The third-order valence-electron chi connectivity index (χ3n) is 1.98. The molecule has 0 fully saturated rings. The van der Waals surface area contributed by atoms with Crippen molar-refractivity contribution in [2.45, 2.75) is 12.5 Å². The molecule has 0 radical (unpaired) electrons. The average molecular weight is 198 g/mol. The lowest BCUT2D eigenvalue weighted by atomic mass is 10.1. The summed E-state index contributed by atoms with van der Waals surface area (Å²) >= 11 is 0. The number of carbonyl (C=O) groups is 1. The molecule has 0 aromatic carbocycles. The predicted octanol–water partition coefficient (Wildman–Crippen LogP) is 0.183. The molecule has 0 saturated carbocycles. The zero-order valence-electron chi connectivity index (χ0n) is 7.99. The van der Waals surface area contributed by atoms with Gasteiger partial charge in [-0.3, -0.25) is 0 Å². The predicted molar refractivity (Wildman–Crippen MR) is 50.8 cm³/mol. The molecule has 4 N–H and O–H groups in total. The van der Waals surface area contributed by atoms with E-state index in [0.29, 0.717) is 12.1 Å². The molecular weight excluding hydrogens is 184 g/mol. The van der Waals surface area contributed by atoms with Gasteiger partial charge in [-0.15, -0.1) is 0 Å². The van der Waals surface area contributed by atoms with E-state index in [4.69, 9.17) is 10.8 Å². The van der Waals surface area contributed by atoms with E-state index in [1.807, 2.05) is 0 Å². The Kier molecular flexibility index (Phi) is 3.67. The summed E-state index contributed by atoms with van der Waals surface area (Å²) in [6.45, 7) is 0.0277. The number of esters is 1. The highest BCUT2D eigenvalue weighted by Crippen LogP contribution is 2.14. The molecule has 0 spiro atoms. The summed E-state index contributed by atoms with van der Waals surface area (Å²) in [4.78, 5) is 13.8. The molecule has 1 aromatic rings. The zero-order chi connectivity index (χ0) is 10.6. The minimum atomic E-state index is -0.424. The molecule has 5 heteroatoms. The van der Waals surface area contributed by atoms with Gasteiger partial charge in [-0.05, 0) is 18.1 Å². The van der Waals surface area contributed by atoms with E-state index in [-0.39, 0.29) is 12.6 Å². The monoisotopic (exact) mass is 198 g/mol. The Morgan fingerprint density at radius 3 is 3.07 bits per heavy atom. The summed E-state index contributed by atoms with van der Waals surface area (Å²) in [5, 5.41) is 8.68. The van der Waals surface area contributed by atoms with E-state index in [0.717, 1.165) is 5.56 Å². The number of nitrogens with one attached hydrogen (secondary N) is 1. The molecule has 1 atom stereocenters. The van der Waals surface area contributed by atoms with E-state index in [1.165, 1.54) is 7.11 Å². The van der Waals surface area contributed by atoms with E-state index in [2.05, 4.69) is 9.72 Å². The molecule has 5 nitrogen and oxygen atoms in total. The first kappa shape index (κ1) is 10.7. The van der Waals surface area contributed by atoms with Crippen LogP contribution in [0.2, 0.25) is 0 Å². The summed E-state index contributed by atoms with van der Waals surface area (Å²) < 4.78 is 4.53.